The van der Waals surface area contributed by atoms with Gasteiger partial charge in [0.1, 0.15) is 10.8 Å². The second-order valence-electron chi connectivity index (χ2n) is 3.00. The van der Waals surface area contributed by atoms with Gasteiger partial charge in [0.15, 0.2) is 0 Å². The van der Waals surface area contributed by atoms with E-state index in [0.29, 0.717) is 5.39 Å². The lowest BCUT2D eigenvalue weighted by atomic mass is 10.2. The Kier molecular flexibility index (Phi) is 2.63. The molecule has 2 rings (SSSR count). The first-order valence-corrected chi connectivity index (χ1v) is 4.64. The molecule has 0 radical (unpaired) electrons. The van der Waals surface area contributed by atoms with Crippen molar-refractivity contribution in [3.8, 4) is 5.75 Å². The van der Waals surface area contributed by atoms with E-state index in [9.17, 15) is 13.2 Å². The maximum absolute atomic E-state index is 12.0. The number of hydrogen-bond acceptors (Lipinski definition) is 2. The molecule has 2 aromatic rings. The van der Waals surface area contributed by atoms with E-state index in [1.54, 1.807) is 12.1 Å². The topological polar surface area (TPSA) is 22.1 Å². The van der Waals surface area contributed by atoms with Crippen molar-refractivity contribution in [3.63, 3.8) is 0 Å². The Bertz CT molecular complexity index is 527. The first kappa shape index (κ1) is 11.0. The molecule has 0 N–H and O–H groups in total. The van der Waals surface area contributed by atoms with Crippen LogP contribution in [0.4, 0.5) is 13.2 Å². The summed E-state index contributed by atoms with van der Waals surface area (Å²) < 4.78 is 39.8. The predicted molar refractivity (Wildman–Crippen MR) is 53.4 cm³/mol. The third-order valence-corrected chi connectivity index (χ3v) is 2.27. The summed E-state index contributed by atoms with van der Waals surface area (Å²) in [7, 11) is 0. The summed E-state index contributed by atoms with van der Waals surface area (Å²) in [5.74, 6) is -0.444. The van der Waals surface area contributed by atoms with Crippen LogP contribution in [0.15, 0.2) is 30.5 Å². The largest absolute Gasteiger partial charge is 0.573 e. The van der Waals surface area contributed by atoms with Crippen molar-refractivity contribution >= 4 is 22.5 Å². The highest BCUT2D eigenvalue weighted by Gasteiger charge is 2.32. The predicted octanol–water partition coefficient (Wildman–Crippen LogP) is 3.79. The van der Waals surface area contributed by atoms with Crippen LogP contribution in [0, 0.1) is 0 Å². The van der Waals surface area contributed by atoms with Crippen LogP contribution >= 0.6 is 11.6 Å². The van der Waals surface area contributed by atoms with Crippen molar-refractivity contribution in [1.82, 2.24) is 4.98 Å². The summed E-state index contributed by atoms with van der Waals surface area (Å²) in [4.78, 5) is 3.89. The molecule has 6 heteroatoms. The van der Waals surface area contributed by atoms with E-state index in [4.69, 9.17) is 11.6 Å². The molecule has 0 fully saturated rings. The summed E-state index contributed by atoms with van der Waals surface area (Å²) >= 11 is 5.76. The number of ether oxygens (including phenoxy) is 1. The van der Waals surface area contributed by atoms with Gasteiger partial charge in [0, 0.05) is 11.6 Å². The summed E-state index contributed by atoms with van der Waals surface area (Å²) in [5.41, 5.74) is 0.283. The van der Waals surface area contributed by atoms with Crippen LogP contribution in [0.1, 0.15) is 0 Å². The van der Waals surface area contributed by atoms with Gasteiger partial charge in [0.05, 0.1) is 5.52 Å². The highest BCUT2D eigenvalue weighted by atomic mass is 35.5. The average Bonchev–Trinajstić information content (AvgIpc) is 2.21. The van der Waals surface area contributed by atoms with Gasteiger partial charge in [-0.05, 0) is 18.2 Å². The molecule has 1 heterocycles. The molecule has 1 aromatic carbocycles. The summed E-state index contributed by atoms with van der Waals surface area (Å²) in [6.45, 7) is 0. The monoisotopic (exact) mass is 247 g/mol. The van der Waals surface area contributed by atoms with Gasteiger partial charge in [0.2, 0.25) is 0 Å². The third kappa shape index (κ3) is 2.19. The average molecular weight is 248 g/mol. The molecular weight excluding hydrogens is 243 g/mol. The molecule has 0 aliphatic heterocycles. The third-order valence-electron chi connectivity index (χ3n) is 1.90. The van der Waals surface area contributed by atoms with E-state index < -0.39 is 12.1 Å². The number of fused-ring (bicyclic) bond motifs is 1. The van der Waals surface area contributed by atoms with E-state index in [1.165, 1.54) is 18.3 Å². The Morgan fingerprint density at radius 3 is 2.62 bits per heavy atom. The van der Waals surface area contributed by atoms with E-state index in [2.05, 4.69) is 9.72 Å². The van der Waals surface area contributed by atoms with Crippen LogP contribution in [0.25, 0.3) is 10.9 Å². The lowest BCUT2D eigenvalue weighted by Crippen LogP contribution is -2.17. The van der Waals surface area contributed by atoms with Crippen molar-refractivity contribution in [2.24, 2.45) is 0 Å². The Morgan fingerprint density at radius 1 is 1.19 bits per heavy atom. The summed E-state index contributed by atoms with van der Waals surface area (Å²) in [6, 6.07) is 6.00. The smallest absolute Gasteiger partial charge is 0.404 e. The Morgan fingerprint density at radius 2 is 1.94 bits per heavy atom. The van der Waals surface area contributed by atoms with Gasteiger partial charge in [0.25, 0.3) is 0 Å². The molecule has 0 saturated carbocycles. The molecule has 0 bridgehead atoms. The molecule has 84 valence electrons. The zero-order chi connectivity index (χ0) is 11.8. The van der Waals surface area contributed by atoms with E-state index in [1.807, 2.05) is 0 Å². The maximum atomic E-state index is 12.0. The molecule has 0 unspecified atom stereocenters. The highest BCUT2D eigenvalue weighted by molar-refractivity contribution is 6.36. The zero-order valence-corrected chi connectivity index (χ0v) is 8.51. The number of pyridine rings is 1. The van der Waals surface area contributed by atoms with Gasteiger partial charge in [-0.25, -0.2) is 0 Å². The lowest BCUT2D eigenvalue weighted by molar-refractivity contribution is -0.274. The summed E-state index contributed by atoms with van der Waals surface area (Å²) in [5, 5.41) is 0.512. The molecule has 0 aliphatic rings. The van der Waals surface area contributed by atoms with Crippen LogP contribution in [-0.2, 0) is 0 Å². The van der Waals surface area contributed by atoms with Gasteiger partial charge in [-0.3, -0.25) is 4.98 Å². The zero-order valence-electron chi connectivity index (χ0n) is 7.75. The molecule has 1 aromatic heterocycles. The molecule has 0 spiro atoms. The number of alkyl halides is 3. The minimum Gasteiger partial charge on any atom is -0.404 e. The van der Waals surface area contributed by atoms with Crippen LogP contribution in [0.3, 0.4) is 0 Å². The first-order valence-electron chi connectivity index (χ1n) is 4.26. The second-order valence-corrected chi connectivity index (χ2v) is 3.38. The van der Waals surface area contributed by atoms with Gasteiger partial charge in [-0.15, -0.1) is 13.2 Å². The maximum Gasteiger partial charge on any atom is 0.573 e. The standard InChI is InChI=1S/C10H5ClF3NO/c11-8-7(16-10(12,13)14)4-3-6-2-1-5-15-9(6)8/h1-5H. The molecule has 2 nitrogen and oxygen atoms in total. The first-order chi connectivity index (χ1) is 7.47. The van der Waals surface area contributed by atoms with Crippen molar-refractivity contribution in [2.45, 2.75) is 6.36 Å². The van der Waals surface area contributed by atoms with Gasteiger partial charge in [-0.2, -0.15) is 0 Å². The number of benzene rings is 1. The number of halogens is 4. The minimum atomic E-state index is -4.76. The molecule has 0 saturated heterocycles. The van der Waals surface area contributed by atoms with E-state index >= 15 is 0 Å². The molecule has 0 aliphatic carbocycles. The molecule has 0 atom stereocenters. The van der Waals surface area contributed by atoms with Gasteiger partial charge in [-0.1, -0.05) is 17.7 Å². The van der Waals surface area contributed by atoms with Crippen molar-refractivity contribution in [3.05, 3.63) is 35.5 Å². The SMILES string of the molecule is FC(F)(F)Oc1ccc2cccnc2c1Cl. The highest BCUT2D eigenvalue weighted by Crippen LogP contribution is 2.34. The number of aromatic nitrogens is 1. The Balaban J connectivity index is 2.53. The Hall–Kier alpha value is -1.49. The summed E-state index contributed by atoms with van der Waals surface area (Å²) in [6.07, 6.45) is -3.31. The molecule has 0 amide bonds. The van der Waals surface area contributed by atoms with Crippen LogP contribution in [-0.4, -0.2) is 11.3 Å². The number of rotatable bonds is 1. The Labute approximate surface area is 93.6 Å². The van der Waals surface area contributed by atoms with Crippen molar-refractivity contribution < 1.29 is 17.9 Å². The van der Waals surface area contributed by atoms with Crippen LogP contribution in [0.2, 0.25) is 5.02 Å². The number of nitrogens with zero attached hydrogens (tertiary/aromatic N) is 1. The minimum absolute atomic E-state index is 0.143. The van der Waals surface area contributed by atoms with E-state index in [-0.39, 0.29) is 10.5 Å². The fraction of sp³-hybridized carbons (Fsp3) is 0.100. The van der Waals surface area contributed by atoms with Crippen LogP contribution in [0.5, 0.6) is 5.75 Å². The second kappa shape index (κ2) is 3.83. The lowest BCUT2D eigenvalue weighted by Gasteiger charge is -2.11. The van der Waals surface area contributed by atoms with Gasteiger partial charge < -0.3 is 4.74 Å². The molecule has 16 heavy (non-hydrogen) atoms. The molecular formula is C10H5ClF3NO. The number of hydrogen-bond donors (Lipinski definition) is 0. The fourth-order valence-electron chi connectivity index (χ4n) is 1.29. The quantitative estimate of drug-likeness (QED) is 0.765. The normalized spacial score (nSPS) is 11.8. The van der Waals surface area contributed by atoms with Crippen molar-refractivity contribution in [1.29, 1.82) is 0 Å². The van der Waals surface area contributed by atoms with Gasteiger partial charge >= 0.3 is 6.36 Å². The van der Waals surface area contributed by atoms with E-state index in [0.717, 1.165) is 0 Å². The fourth-order valence-corrected chi connectivity index (χ4v) is 1.55. The van der Waals surface area contributed by atoms with Crippen LogP contribution < -0.4 is 4.74 Å². The van der Waals surface area contributed by atoms with Crippen molar-refractivity contribution in [2.75, 3.05) is 0 Å².